The van der Waals surface area contributed by atoms with Gasteiger partial charge in [0, 0.05) is 5.56 Å². The highest BCUT2D eigenvalue weighted by molar-refractivity contribution is 5.77. The minimum Gasteiger partial charge on any atom is -0.481 e. The second kappa shape index (κ2) is 5.49. The highest BCUT2D eigenvalue weighted by atomic mass is 19.1. The average Bonchev–Trinajstić information content (AvgIpc) is 2.25. The zero-order chi connectivity index (χ0) is 12.1. The number of rotatable bonds is 4. The van der Waals surface area contributed by atoms with Crippen LogP contribution >= 0.6 is 0 Å². The maximum absolute atomic E-state index is 13.2. The van der Waals surface area contributed by atoms with E-state index in [0.29, 0.717) is 17.9 Å². The van der Waals surface area contributed by atoms with Gasteiger partial charge in [0.15, 0.2) is 6.10 Å². The second-order valence-electron chi connectivity index (χ2n) is 3.42. The van der Waals surface area contributed by atoms with Crippen molar-refractivity contribution in [2.45, 2.75) is 26.9 Å². The van der Waals surface area contributed by atoms with Crippen LogP contribution in [0, 0.1) is 18.2 Å². The fourth-order valence-corrected chi connectivity index (χ4v) is 1.23. The molecule has 88 valence electrons. The number of hydrogen-bond acceptors (Lipinski definition) is 3. The second-order valence-corrected chi connectivity index (χ2v) is 3.42. The quantitative estimate of drug-likeness (QED) is 0.632. The van der Waals surface area contributed by atoms with E-state index in [1.165, 1.54) is 6.07 Å². The van der Waals surface area contributed by atoms with Gasteiger partial charge in [-0.15, -0.1) is 0 Å². The van der Waals surface area contributed by atoms with Crippen molar-refractivity contribution in [2.24, 2.45) is 0 Å². The Labute approximate surface area is 94.7 Å². The molecule has 1 N–H and O–H groups in total. The molecule has 3 nitrogen and oxygen atoms in total. The molecule has 4 heteroatoms. The lowest BCUT2D eigenvalue weighted by molar-refractivity contribution is 0.218. The van der Waals surface area contributed by atoms with Gasteiger partial charge in [0.05, 0.1) is 6.61 Å². The Morgan fingerprint density at radius 3 is 2.81 bits per heavy atom. The molecule has 0 amide bonds. The lowest BCUT2D eigenvalue weighted by Gasteiger charge is -2.17. The van der Waals surface area contributed by atoms with Crippen LogP contribution in [0.25, 0.3) is 0 Å². The predicted octanol–water partition coefficient (Wildman–Crippen LogP) is 2.92. The van der Waals surface area contributed by atoms with E-state index in [2.05, 4.69) is 0 Å². The minimum atomic E-state index is -0.513. The van der Waals surface area contributed by atoms with Crippen molar-refractivity contribution in [3.8, 4) is 5.75 Å². The topological polar surface area (TPSA) is 42.3 Å². The first-order valence-corrected chi connectivity index (χ1v) is 5.19. The molecule has 0 heterocycles. The van der Waals surface area contributed by atoms with Crippen LogP contribution in [0.4, 0.5) is 4.39 Å². The Bertz CT molecular complexity index is 379. The first-order chi connectivity index (χ1) is 7.56. The van der Waals surface area contributed by atoms with Gasteiger partial charge >= 0.3 is 0 Å². The largest absolute Gasteiger partial charge is 0.481 e. The maximum atomic E-state index is 13.2. The van der Waals surface area contributed by atoms with Crippen molar-refractivity contribution in [3.63, 3.8) is 0 Å². The third-order valence-electron chi connectivity index (χ3n) is 2.19. The molecule has 0 saturated heterocycles. The summed E-state index contributed by atoms with van der Waals surface area (Å²) in [5, 5.41) is 7.53. The SMILES string of the molecule is CCOC(=N)C(C)Oc1cccc(F)c1C. The standard InChI is InChI=1S/C12H16FNO2/c1-4-15-12(14)9(3)16-11-7-5-6-10(13)8(11)2/h5-7,9,14H,4H2,1-3H3. The molecule has 16 heavy (non-hydrogen) atoms. The molecule has 0 radical (unpaired) electrons. The lowest BCUT2D eigenvalue weighted by Crippen LogP contribution is -2.25. The van der Waals surface area contributed by atoms with Crippen LogP contribution in [0.2, 0.25) is 0 Å². The number of halogens is 1. The van der Waals surface area contributed by atoms with Gasteiger partial charge < -0.3 is 9.47 Å². The summed E-state index contributed by atoms with van der Waals surface area (Å²) in [6.07, 6.45) is -0.513. The molecule has 0 aliphatic heterocycles. The van der Waals surface area contributed by atoms with Gasteiger partial charge in [0.25, 0.3) is 0 Å². The van der Waals surface area contributed by atoms with Crippen LogP contribution in [0.15, 0.2) is 18.2 Å². The molecule has 0 saturated carbocycles. The van der Waals surface area contributed by atoms with Crippen LogP contribution < -0.4 is 4.74 Å². The van der Waals surface area contributed by atoms with Crippen molar-refractivity contribution in [3.05, 3.63) is 29.6 Å². The van der Waals surface area contributed by atoms with Gasteiger partial charge in [-0.25, -0.2) is 4.39 Å². The van der Waals surface area contributed by atoms with Crippen molar-refractivity contribution >= 4 is 5.90 Å². The summed E-state index contributed by atoms with van der Waals surface area (Å²) in [5.41, 5.74) is 0.443. The molecule has 0 fully saturated rings. The Kier molecular flexibility index (Phi) is 4.28. The molecule has 0 aliphatic carbocycles. The monoisotopic (exact) mass is 225 g/mol. The van der Waals surface area contributed by atoms with E-state index in [0.717, 1.165) is 0 Å². The normalized spacial score (nSPS) is 12.0. The highest BCUT2D eigenvalue weighted by Gasteiger charge is 2.14. The third-order valence-corrected chi connectivity index (χ3v) is 2.19. The Hall–Kier alpha value is -1.58. The Morgan fingerprint density at radius 1 is 1.50 bits per heavy atom. The van der Waals surface area contributed by atoms with Gasteiger partial charge in [-0.2, -0.15) is 0 Å². The van der Waals surface area contributed by atoms with Crippen molar-refractivity contribution in [1.29, 1.82) is 5.41 Å². The Morgan fingerprint density at radius 2 is 2.19 bits per heavy atom. The smallest absolute Gasteiger partial charge is 0.222 e. The fraction of sp³-hybridized carbons (Fsp3) is 0.417. The first-order valence-electron chi connectivity index (χ1n) is 5.19. The molecular weight excluding hydrogens is 209 g/mol. The molecule has 0 aliphatic rings. The molecule has 1 rings (SSSR count). The van der Waals surface area contributed by atoms with Gasteiger partial charge in [0.1, 0.15) is 11.6 Å². The summed E-state index contributed by atoms with van der Waals surface area (Å²) in [6.45, 7) is 5.56. The van der Waals surface area contributed by atoms with Crippen molar-refractivity contribution in [1.82, 2.24) is 0 Å². The zero-order valence-electron chi connectivity index (χ0n) is 9.71. The van der Waals surface area contributed by atoms with E-state index < -0.39 is 6.10 Å². The summed E-state index contributed by atoms with van der Waals surface area (Å²) >= 11 is 0. The minimum absolute atomic E-state index is 0.0474. The molecule has 0 spiro atoms. The van der Waals surface area contributed by atoms with E-state index in [1.54, 1.807) is 32.9 Å². The third kappa shape index (κ3) is 2.95. The zero-order valence-corrected chi connectivity index (χ0v) is 9.71. The number of nitrogens with one attached hydrogen (secondary N) is 1. The number of ether oxygens (including phenoxy) is 2. The van der Waals surface area contributed by atoms with E-state index in [4.69, 9.17) is 14.9 Å². The van der Waals surface area contributed by atoms with Gasteiger partial charge in [-0.05, 0) is 32.9 Å². The average molecular weight is 225 g/mol. The molecule has 1 unspecified atom stereocenters. The van der Waals surface area contributed by atoms with Gasteiger partial charge in [-0.1, -0.05) is 6.07 Å². The van der Waals surface area contributed by atoms with Crippen LogP contribution in [0.3, 0.4) is 0 Å². The summed E-state index contributed by atoms with van der Waals surface area (Å²) < 4.78 is 23.7. The van der Waals surface area contributed by atoms with E-state index in [1.807, 2.05) is 0 Å². The van der Waals surface area contributed by atoms with Crippen LogP contribution in [0.5, 0.6) is 5.75 Å². The molecule has 0 aromatic heterocycles. The molecule has 0 bridgehead atoms. The summed E-state index contributed by atoms with van der Waals surface area (Å²) in [6, 6.07) is 4.63. The van der Waals surface area contributed by atoms with E-state index >= 15 is 0 Å². The Balaban J connectivity index is 2.73. The fourth-order valence-electron chi connectivity index (χ4n) is 1.23. The van der Waals surface area contributed by atoms with E-state index in [9.17, 15) is 4.39 Å². The molecular formula is C12H16FNO2. The van der Waals surface area contributed by atoms with Crippen molar-refractivity contribution in [2.75, 3.05) is 6.61 Å². The van der Waals surface area contributed by atoms with Crippen molar-refractivity contribution < 1.29 is 13.9 Å². The first kappa shape index (κ1) is 12.5. The number of benzene rings is 1. The predicted molar refractivity (Wildman–Crippen MR) is 60.6 cm³/mol. The molecule has 1 aromatic rings. The molecule has 1 aromatic carbocycles. The number of hydrogen-bond donors (Lipinski definition) is 1. The van der Waals surface area contributed by atoms with Gasteiger partial charge in [-0.3, -0.25) is 5.41 Å². The maximum Gasteiger partial charge on any atom is 0.222 e. The van der Waals surface area contributed by atoms with E-state index in [-0.39, 0.29) is 11.7 Å². The summed E-state index contributed by atoms with van der Waals surface area (Å²) in [7, 11) is 0. The van der Waals surface area contributed by atoms with Crippen LogP contribution in [0.1, 0.15) is 19.4 Å². The summed E-state index contributed by atoms with van der Waals surface area (Å²) in [5.74, 6) is 0.177. The highest BCUT2D eigenvalue weighted by Crippen LogP contribution is 2.21. The lowest BCUT2D eigenvalue weighted by atomic mass is 10.2. The van der Waals surface area contributed by atoms with Crippen LogP contribution in [-0.2, 0) is 4.74 Å². The molecule has 1 atom stereocenters. The van der Waals surface area contributed by atoms with Crippen LogP contribution in [-0.4, -0.2) is 18.6 Å². The van der Waals surface area contributed by atoms with Gasteiger partial charge in [0.2, 0.25) is 5.90 Å². The summed E-state index contributed by atoms with van der Waals surface area (Å²) in [4.78, 5) is 0.